The van der Waals surface area contributed by atoms with Crippen LogP contribution in [0.2, 0.25) is 0 Å². The van der Waals surface area contributed by atoms with Gasteiger partial charge in [-0.05, 0) is 29.2 Å². The van der Waals surface area contributed by atoms with Gasteiger partial charge >= 0.3 is 6.18 Å². The molecule has 164 valence electrons. The number of aromatic amines is 1. The van der Waals surface area contributed by atoms with Gasteiger partial charge in [0.2, 0.25) is 11.8 Å². The van der Waals surface area contributed by atoms with Gasteiger partial charge in [-0.1, -0.05) is 50.2 Å². The first-order valence-electron chi connectivity index (χ1n) is 9.94. The number of fused-ring (bicyclic) bond motifs is 1. The lowest BCUT2D eigenvalue weighted by molar-refractivity contribution is -0.138. The van der Waals surface area contributed by atoms with Crippen molar-refractivity contribution in [1.82, 2.24) is 15.6 Å². The smallest absolute Gasteiger partial charge is 0.361 e. The Morgan fingerprint density at radius 1 is 1.00 bits per heavy atom. The zero-order valence-corrected chi connectivity index (χ0v) is 17.2. The summed E-state index contributed by atoms with van der Waals surface area (Å²) in [4.78, 5) is 28.3. The summed E-state index contributed by atoms with van der Waals surface area (Å²) in [5.74, 6) is -1.11. The van der Waals surface area contributed by atoms with Crippen molar-refractivity contribution in [2.24, 2.45) is 5.92 Å². The number of halogens is 3. The van der Waals surface area contributed by atoms with Gasteiger partial charge in [0.05, 0.1) is 12.0 Å². The van der Waals surface area contributed by atoms with Crippen molar-refractivity contribution < 1.29 is 22.8 Å². The predicted octanol–water partition coefficient (Wildman–Crippen LogP) is 4.19. The minimum atomic E-state index is -4.51. The molecule has 2 aromatic carbocycles. The molecule has 0 saturated heterocycles. The number of alkyl halides is 3. The number of amides is 2. The second kappa shape index (κ2) is 9.24. The van der Waals surface area contributed by atoms with Crippen molar-refractivity contribution in [3.05, 3.63) is 71.4 Å². The average Bonchev–Trinajstić information content (AvgIpc) is 3.12. The van der Waals surface area contributed by atoms with Gasteiger partial charge in [-0.3, -0.25) is 9.59 Å². The van der Waals surface area contributed by atoms with E-state index in [-0.39, 0.29) is 30.4 Å². The standard InChI is InChI=1S/C23H24F3N3O2/c1-14(2)21(22(31)28-12-15-7-3-5-9-18(15)23(24,25)26)29-20(30)11-16-13-27-19-10-6-4-8-17(16)19/h3-10,13-14,21,27H,11-12H2,1-2H3,(H,28,31)(H,29,30). The molecule has 2 amide bonds. The number of hydrogen-bond donors (Lipinski definition) is 3. The molecular formula is C23H24F3N3O2. The molecule has 31 heavy (non-hydrogen) atoms. The number of aromatic nitrogens is 1. The summed E-state index contributed by atoms with van der Waals surface area (Å²) >= 11 is 0. The summed E-state index contributed by atoms with van der Waals surface area (Å²) in [6.45, 7) is 3.25. The zero-order chi connectivity index (χ0) is 22.6. The summed E-state index contributed by atoms with van der Waals surface area (Å²) in [7, 11) is 0. The summed E-state index contributed by atoms with van der Waals surface area (Å²) in [6, 6.07) is 11.8. The summed E-state index contributed by atoms with van der Waals surface area (Å²) in [5.41, 5.74) is 0.887. The topological polar surface area (TPSA) is 74.0 Å². The lowest BCUT2D eigenvalue weighted by Gasteiger charge is -2.22. The molecular weight excluding hydrogens is 407 g/mol. The summed E-state index contributed by atoms with van der Waals surface area (Å²) in [5, 5.41) is 6.16. The van der Waals surface area contributed by atoms with Gasteiger partial charge in [-0.2, -0.15) is 13.2 Å². The first-order valence-corrected chi connectivity index (χ1v) is 9.94. The number of carbonyl (C=O) groups excluding carboxylic acids is 2. The normalized spacial score (nSPS) is 12.7. The van der Waals surface area contributed by atoms with Crippen LogP contribution in [-0.2, 0) is 28.7 Å². The SMILES string of the molecule is CC(C)C(NC(=O)Cc1c[nH]c2ccccc12)C(=O)NCc1ccccc1C(F)(F)F. The Balaban J connectivity index is 1.65. The van der Waals surface area contributed by atoms with Crippen molar-refractivity contribution in [1.29, 1.82) is 0 Å². The van der Waals surface area contributed by atoms with Crippen LogP contribution in [0, 0.1) is 5.92 Å². The van der Waals surface area contributed by atoms with Crippen molar-refractivity contribution in [3.63, 3.8) is 0 Å². The van der Waals surface area contributed by atoms with Crippen LogP contribution in [0.4, 0.5) is 13.2 Å². The minimum Gasteiger partial charge on any atom is -0.361 e. The molecule has 0 bridgehead atoms. The molecule has 0 radical (unpaired) electrons. The number of para-hydroxylation sites is 1. The molecule has 0 spiro atoms. The Labute approximate surface area is 178 Å². The molecule has 5 nitrogen and oxygen atoms in total. The van der Waals surface area contributed by atoms with Crippen LogP contribution >= 0.6 is 0 Å². The fourth-order valence-corrected chi connectivity index (χ4v) is 3.45. The molecule has 0 fully saturated rings. The van der Waals surface area contributed by atoms with E-state index >= 15 is 0 Å². The zero-order valence-electron chi connectivity index (χ0n) is 17.2. The lowest BCUT2D eigenvalue weighted by Crippen LogP contribution is -2.50. The maximum absolute atomic E-state index is 13.2. The first-order chi connectivity index (χ1) is 14.7. The Bertz CT molecular complexity index is 1070. The number of nitrogens with one attached hydrogen (secondary N) is 3. The van der Waals surface area contributed by atoms with Gasteiger partial charge in [0.25, 0.3) is 0 Å². The quantitative estimate of drug-likeness (QED) is 0.525. The Morgan fingerprint density at radius 2 is 1.68 bits per heavy atom. The Kier molecular flexibility index (Phi) is 6.68. The van der Waals surface area contributed by atoms with Crippen LogP contribution in [0.5, 0.6) is 0 Å². The largest absolute Gasteiger partial charge is 0.416 e. The van der Waals surface area contributed by atoms with Crippen molar-refractivity contribution in [2.45, 2.75) is 39.0 Å². The maximum Gasteiger partial charge on any atom is 0.416 e. The van der Waals surface area contributed by atoms with E-state index in [1.165, 1.54) is 18.2 Å². The molecule has 0 aliphatic carbocycles. The third-order valence-corrected chi connectivity index (χ3v) is 5.07. The number of H-pyrrole nitrogens is 1. The Hall–Kier alpha value is -3.29. The molecule has 3 aromatic rings. The van der Waals surface area contributed by atoms with E-state index in [9.17, 15) is 22.8 Å². The lowest BCUT2D eigenvalue weighted by atomic mass is 10.0. The predicted molar refractivity (Wildman–Crippen MR) is 112 cm³/mol. The molecule has 0 saturated carbocycles. The van der Waals surface area contributed by atoms with Crippen LogP contribution in [0.15, 0.2) is 54.7 Å². The Morgan fingerprint density at radius 3 is 2.39 bits per heavy atom. The first kappa shape index (κ1) is 22.4. The maximum atomic E-state index is 13.2. The van der Waals surface area contributed by atoms with E-state index < -0.39 is 23.7 Å². The highest BCUT2D eigenvalue weighted by Crippen LogP contribution is 2.31. The van der Waals surface area contributed by atoms with Crippen molar-refractivity contribution in [2.75, 3.05) is 0 Å². The van der Waals surface area contributed by atoms with Crippen LogP contribution in [-0.4, -0.2) is 22.8 Å². The molecule has 3 rings (SSSR count). The average molecular weight is 431 g/mol. The molecule has 8 heteroatoms. The fraction of sp³-hybridized carbons (Fsp3) is 0.304. The van der Waals surface area contributed by atoms with Crippen LogP contribution in [0.25, 0.3) is 10.9 Å². The molecule has 0 aliphatic rings. The van der Waals surface area contributed by atoms with Gasteiger partial charge in [-0.25, -0.2) is 0 Å². The molecule has 1 atom stereocenters. The second-order valence-corrected chi connectivity index (χ2v) is 7.70. The minimum absolute atomic E-state index is 0.0315. The van der Waals surface area contributed by atoms with E-state index in [4.69, 9.17) is 0 Å². The van der Waals surface area contributed by atoms with Crippen molar-refractivity contribution >= 4 is 22.7 Å². The third-order valence-electron chi connectivity index (χ3n) is 5.07. The van der Waals surface area contributed by atoms with Gasteiger partial charge in [0.15, 0.2) is 0 Å². The number of hydrogen-bond acceptors (Lipinski definition) is 2. The van der Waals surface area contributed by atoms with E-state index in [0.717, 1.165) is 22.5 Å². The monoisotopic (exact) mass is 431 g/mol. The van der Waals surface area contributed by atoms with E-state index in [1.807, 2.05) is 24.3 Å². The van der Waals surface area contributed by atoms with Crippen molar-refractivity contribution in [3.8, 4) is 0 Å². The fourth-order valence-electron chi connectivity index (χ4n) is 3.45. The second-order valence-electron chi connectivity index (χ2n) is 7.70. The highest BCUT2D eigenvalue weighted by atomic mass is 19.4. The number of carbonyl (C=O) groups is 2. The van der Waals surface area contributed by atoms with Crippen LogP contribution < -0.4 is 10.6 Å². The summed E-state index contributed by atoms with van der Waals surface area (Å²) in [6.07, 6.45) is -2.67. The highest BCUT2D eigenvalue weighted by Gasteiger charge is 2.33. The highest BCUT2D eigenvalue weighted by molar-refractivity contribution is 5.92. The van der Waals surface area contributed by atoms with E-state index in [1.54, 1.807) is 20.0 Å². The molecule has 3 N–H and O–H groups in total. The number of benzene rings is 2. The van der Waals surface area contributed by atoms with Crippen LogP contribution in [0.3, 0.4) is 0 Å². The van der Waals surface area contributed by atoms with E-state index in [0.29, 0.717) is 0 Å². The van der Waals surface area contributed by atoms with Gasteiger partial charge < -0.3 is 15.6 Å². The molecule has 0 aliphatic heterocycles. The van der Waals surface area contributed by atoms with Crippen LogP contribution in [0.1, 0.15) is 30.5 Å². The third kappa shape index (κ3) is 5.45. The number of rotatable bonds is 7. The molecule has 1 aromatic heterocycles. The summed E-state index contributed by atoms with van der Waals surface area (Å²) < 4.78 is 39.5. The van der Waals surface area contributed by atoms with Gasteiger partial charge in [0.1, 0.15) is 6.04 Å². The molecule has 1 unspecified atom stereocenters. The van der Waals surface area contributed by atoms with Gasteiger partial charge in [0, 0.05) is 23.6 Å². The molecule has 1 heterocycles. The van der Waals surface area contributed by atoms with E-state index in [2.05, 4.69) is 15.6 Å². The van der Waals surface area contributed by atoms with Gasteiger partial charge in [-0.15, -0.1) is 0 Å².